The number of methoxy groups -OCH3 is 1. The minimum atomic E-state index is 0.315. The molecule has 2 fully saturated rings. The van der Waals surface area contributed by atoms with E-state index in [2.05, 4.69) is 0 Å². The van der Waals surface area contributed by atoms with E-state index >= 15 is 0 Å². The fourth-order valence-electron chi connectivity index (χ4n) is 3.55. The van der Waals surface area contributed by atoms with Crippen molar-refractivity contribution in [3.63, 3.8) is 0 Å². The topological polar surface area (TPSA) is 53.7 Å². The average molecular weight is 271 g/mol. The molecule has 0 radical (unpaired) electrons. The van der Waals surface area contributed by atoms with Gasteiger partial charge in [-0.2, -0.15) is 0 Å². The Labute approximate surface area is 117 Å². The third kappa shape index (κ3) is 3.69. The molecule has 4 nitrogen and oxygen atoms in total. The number of nitrogens with two attached hydrogens (primary N) is 1. The summed E-state index contributed by atoms with van der Waals surface area (Å²) >= 11 is 0. The molecule has 0 aromatic carbocycles. The molecule has 2 rings (SSSR count). The van der Waals surface area contributed by atoms with Crippen molar-refractivity contribution < 1.29 is 14.2 Å². The maximum absolute atomic E-state index is 6.25. The molecule has 2 aliphatic rings. The third-order valence-corrected chi connectivity index (χ3v) is 4.82. The van der Waals surface area contributed by atoms with Crippen molar-refractivity contribution in [2.24, 2.45) is 11.1 Å². The molecule has 0 heterocycles. The molecule has 0 amide bonds. The fraction of sp³-hybridized carbons (Fsp3) is 1.00. The van der Waals surface area contributed by atoms with Crippen LogP contribution < -0.4 is 5.73 Å². The van der Waals surface area contributed by atoms with Crippen molar-refractivity contribution in [1.29, 1.82) is 0 Å². The van der Waals surface area contributed by atoms with Gasteiger partial charge in [-0.25, -0.2) is 0 Å². The summed E-state index contributed by atoms with van der Waals surface area (Å²) in [5, 5.41) is 0. The lowest BCUT2D eigenvalue weighted by Gasteiger charge is -2.56. The van der Waals surface area contributed by atoms with E-state index in [9.17, 15) is 0 Å². The summed E-state index contributed by atoms with van der Waals surface area (Å²) in [5.74, 6) is 0. The van der Waals surface area contributed by atoms with E-state index in [4.69, 9.17) is 19.9 Å². The van der Waals surface area contributed by atoms with Gasteiger partial charge in [-0.15, -0.1) is 0 Å². The van der Waals surface area contributed by atoms with Crippen molar-refractivity contribution in [1.82, 2.24) is 0 Å². The van der Waals surface area contributed by atoms with Crippen LogP contribution in [0.3, 0.4) is 0 Å². The summed E-state index contributed by atoms with van der Waals surface area (Å²) in [6.45, 7) is 2.90. The third-order valence-electron chi connectivity index (χ3n) is 4.82. The molecule has 2 saturated carbocycles. The highest BCUT2D eigenvalue weighted by Gasteiger charge is 2.53. The van der Waals surface area contributed by atoms with Crippen molar-refractivity contribution in [3.8, 4) is 0 Å². The van der Waals surface area contributed by atoms with Gasteiger partial charge in [0.05, 0.1) is 19.3 Å². The van der Waals surface area contributed by atoms with E-state index in [0.29, 0.717) is 30.8 Å². The van der Waals surface area contributed by atoms with Crippen molar-refractivity contribution >= 4 is 0 Å². The predicted molar refractivity (Wildman–Crippen MR) is 75.2 cm³/mol. The molecule has 19 heavy (non-hydrogen) atoms. The molecule has 0 saturated heterocycles. The largest absolute Gasteiger partial charge is 0.382 e. The van der Waals surface area contributed by atoms with Gasteiger partial charge in [0.25, 0.3) is 0 Å². The maximum atomic E-state index is 6.25. The first-order valence-electron chi connectivity index (χ1n) is 7.73. The Balaban J connectivity index is 1.58. The molecule has 4 heteroatoms. The highest BCUT2D eigenvalue weighted by molar-refractivity contribution is 5.07. The van der Waals surface area contributed by atoms with Gasteiger partial charge in [0.15, 0.2) is 0 Å². The highest BCUT2D eigenvalue weighted by atomic mass is 16.5. The average Bonchev–Trinajstić information content (AvgIpc) is 2.46. The Morgan fingerprint density at radius 2 is 1.84 bits per heavy atom. The van der Waals surface area contributed by atoms with Crippen LogP contribution in [0.25, 0.3) is 0 Å². The number of hydrogen-bond acceptors (Lipinski definition) is 4. The molecular weight excluding hydrogens is 242 g/mol. The standard InChI is InChI=1S/C15H29NO3/c1-17-10-11-18-8-5-9-19-14-12-13(16)15(14)6-3-2-4-7-15/h13-14H,2-12,16H2,1H3. The molecular formula is C15H29NO3. The first kappa shape index (κ1) is 15.2. The first-order valence-corrected chi connectivity index (χ1v) is 7.73. The van der Waals surface area contributed by atoms with Gasteiger partial charge in [0.2, 0.25) is 0 Å². The zero-order chi connectivity index (χ0) is 13.6. The molecule has 0 bridgehead atoms. The molecule has 2 unspecified atom stereocenters. The molecule has 2 aliphatic carbocycles. The number of ether oxygens (including phenoxy) is 3. The Kier molecular flexibility index (Phi) is 6.07. The smallest absolute Gasteiger partial charge is 0.0700 e. The van der Waals surface area contributed by atoms with Crippen LogP contribution in [0.4, 0.5) is 0 Å². The van der Waals surface area contributed by atoms with Gasteiger partial charge < -0.3 is 19.9 Å². The van der Waals surface area contributed by atoms with Crippen LogP contribution in [0.1, 0.15) is 44.9 Å². The summed E-state index contributed by atoms with van der Waals surface area (Å²) in [6.07, 6.45) is 8.97. The number of hydrogen-bond donors (Lipinski definition) is 1. The van der Waals surface area contributed by atoms with E-state index in [0.717, 1.165) is 26.1 Å². The van der Waals surface area contributed by atoms with Crippen LogP contribution in [0.2, 0.25) is 0 Å². The molecule has 1 spiro atoms. The van der Waals surface area contributed by atoms with Gasteiger partial charge in [0, 0.05) is 31.8 Å². The quantitative estimate of drug-likeness (QED) is 0.687. The lowest BCUT2D eigenvalue weighted by molar-refractivity contribution is -0.145. The van der Waals surface area contributed by atoms with E-state index in [1.165, 1.54) is 32.1 Å². The van der Waals surface area contributed by atoms with E-state index < -0.39 is 0 Å². The highest BCUT2D eigenvalue weighted by Crippen LogP contribution is 2.52. The van der Waals surface area contributed by atoms with Gasteiger partial charge in [-0.3, -0.25) is 0 Å². The Bertz CT molecular complexity index is 254. The predicted octanol–water partition coefficient (Wildman–Crippen LogP) is 2.11. The zero-order valence-electron chi connectivity index (χ0n) is 12.2. The SMILES string of the molecule is COCCOCCCOC1CC(N)C12CCCCC2. The zero-order valence-corrected chi connectivity index (χ0v) is 12.2. The monoisotopic (exact) mass is 271 g/mol. The van der Waals surface area contributed by atoms with Gasteiger partial charge >= 0.3 is 0 Å². The van der Waals surface area contributed by atoms with Gasteiger partial charge in [-0.05, 0) is 25.7 Å². The van der Waals surface area contributed by atoms with Crippen LogP contribution in [-0.4, -0.2) is 45.7 Å². The summed E-state index contributed by atoms with van der Waals surface area (Å²) in [6, 6.07) is 0.371. The van der Waals surface area contributed by atoms with Crippen LogP contribution in [0.5, 0.6) is 0 Å². The van der Waals surface area contributed by atoms with Gasteiger partial charge in [-0.1, -0.05) is 19.3 Å². The summed E-state index contributed by atoms with van der Waals surface area (Å²) in [7, 11) is 1.69. The molecule has 0 aromatic rings. The fourth-order valence-corrected chi connectivity index (χ4v) is 3.55. The number of rotatable bonds is 8. The molecule has 0 aromatic heterocycles. The molecule has 2 atom stereocenters. The lowest BCUT2D eigenvalue weighted by atomic mass is 9.55. The second-order valence-corrected chi connectivity index (χ2v) is 5.95. The summed E-state index contributed by atoms with van der Waals surface area (Å²) in [4.78, 5) is 0. The first-order chi connectivity index (χ1) is 9.29. The summed E-state index contributed by atoms with van der Waals surface area (Å²) in [5.41, 5.74) is 6.56. The van der Waals surface area contributed by atoms with Crippen LogP contribution in [0, 0.1) is 5.41 Å². The Hall–Kier alpha value is -0.160. The van der Waals surface area contributed by atoms with Crippen molar-refractivity contribution in [2.45, 2.75) is 57.1 Å². The van der Waals surface area contributed by atoms with E-state index in [1.54, 1.807) is 7.11 Å². The van der Waals surface area contributed by atoms with E-state index in [-0.39, 0.29) is 0 Å². The van der Waals surface area contributed by atoms with Crippen LogP contribution >= 0.6 is 0 Å². The van der Waals surface area contributed by atoms with Crippen molar-refractivity contribution in [3.05, 3.63) is 0 Å². The van der Waals surface area contributed by atoms with Crippen LogP contribution in [-0.2, 0) is 14.2 Å². The van der Waals surface area contributed by atoms with E-state index in [1.807, 2.05) is 0 Å². The minimum absolute atomic E-state index is 0.315. The van der Waals surface area contributed by atoms with Crippen LogP contribution in [0.15, 0.2) is 0 Å². The summed E-state index contributed by atoms with van der Waals surface area (Å²) < 4.78 is 16.4. The molecule has 0 aliphatic heterocycles. The van der Waals surface area contributed by atoms with Gasteiger partial charge in [0.1, 0.15) is 0 Å². The normalized spacial score (nSPS) is 29.4. The maximum Gasteiger partial charge on any atom is 0.0700 e. The lowest BCUT2D eigenvalue weighted by Crippen LogP contribution is -2.63. The Morgan fingerprint density at radius 3 is 2.53 bits per heavy atom. The second kappa shape index (κ2) is 7.58. The molecule has 112 valence electrons. The Morgan fingerprint density at radius 1 is 1.05 bits per heavy atom. The van der Waals surface area contributed by atoms with Crippen molar-refractivity contribution in [2.75, 3.05) is 33.5 Å². The second-order valence-electron chi connectivity index (χ2n) is 5.95. The molecule has 2 N–H and O–H groups in total. The minimum Gasteiger partial charge on any atom is -0.382 e.